The van der Waals surface area contributed by atoms with Crippen molar-refractivity contribution in [1.82, 2.24) is 24.8 Å². The Morgan fingerprint density at radius 1 is 1.00 bits per heavy atom. The summed E-state index contributed by atoms with van der Waals surface area (Å²) >= 11 is 0. The molecule has 0 saturated carbocycles. The molecule has 0 radical (unpaired) electrons. The SMILES string of the molecule is CC(C)c1ncc(CN2CCCC3(CCc4cnc(-c5ccccc5)nc43)C2)cn1. The average molecular weight is 400 g/mol. The molecule has 3 aromatic rings. The molecule has 2 aliphatic rings. The van der Waals surface area contributed by atoms with Gasteiger partial charge >= 0.3 is 0 Å². The van der Waals surface area contributed by atoms with Gasteiger partial charge in [-0.25, -0.2) is 19.9 Å². The number of fused-ring (bicyclic) bond motifs is 2. The summed E-state index contributed by atoms with van der Waals surface area (Å²) in [5.74, 6) is 2.14. The quantitative estimate of drug-likeness (QED) is 0.645. The van der Waals surface area contributed by atoms with Gasteiger partial charge in [0.25, 0.3) is 0 Å². The third-order valence-corrected chi connectivity index (χ3v) is 6.58. The Hall–Kier alpha value is -2.66. The number of aromatic nitrogens is 4. The lowest BCUT2D eigenvalue weighted by Crippen LogP contribution is -2.45. The zero-order chi connectivity index (χ0) is 20.6. The molecule has 30 heavy (non-hydrogen) atoms. The molecule has 5 rings (SSSR count). The van der Waals surface area contributed by atoms with Crippen molar-refractivity contribution in [1.29, 1.82) is 0 Å². The highest BCUT2D eigenvalue weighted by molar-refractivity contribution is 5.55. The molecule has 1 unspecified atom stereocenters. The number of nitrogens with zero attached hydrogens (tertiary/aromatic N) is 5. The maximum Gasteiger partial charge on any atom is 0.159 e. The summed E-state index contributed by atoms with van der Waals surface area (Å²) in [6.07, 6.45) is 10.7. The van der Waals surface area contributed by atoms with Gasteiger partial charge in [0.15, 0.2) is 5.82 Å². The minimum atomic E-state index is 0.152. The fourth-order valence-electron chi connectivity index (χ4n) is 5.03. The van der Waals surface area contributed by atoms with Crippen LogP contribution in [0.15, 0.2) is 48.9 Å². The minimum Gasteiger partial charge on any atom is -0.298 e. The fourth-order valence-corrected chi connectivity index (χ4v) is 5.03. The van der Waals surface area contributed by atoms with E-state index in [0.29, 0.717) is 5.92 Å². The molecule has 1 aliphatic carbocycles. The molecule has 154 valence electrons. The lowest BCUT2D eigenvalue weighted by Gasteiger charge is -2.40. The van der Waals surface area contributed by atoms with Crippen LogP contribution in [-0.4, -0.2) is 37.9 Å². The van der Waals surface area contributed by atoms with E-state index in [1.54, 1.807) is 0 Å². The minimum absolute atomic E-state index is 0.152. The van der Waals surface area contributed by atoms with Crippen molar-refractivity contribution in [2.75, 3.05) is 13.1 Å². The number of likely N-dealkylation sites (tertiary alicyclic amines) is 1. The molecule has 2 aromatic heterocycles. The summed E-state index contributed by atoms with van der Waals surface area (Å²) in [7, 11) is 0. The predicted octanol–water partition coefficient (Wildman–Crippen LogP) is 4.54. The molecule has 1 saturated heterocycles. The van der Waals surface area contributed by atoms with E-state index in [2.05, 4.69) is 64.2 Å². The van der Waals surface area contributed by atoms with E-state index >= 15 is 0 Å². The highest BCUT2D eigenvalue weighted by Crippen LogP contribution is 2.44. The number of piperidine rings is 1. The Morgan fingerprint density at radius 3 is 2.57 bits per heavy atom. The molecule has 0 N–H and O–H groups in total. The number of benzene rings is 1. The maximum absolute atomic E-state index is 5.11. The largest absolute Gasteiger partial charge is 0.298 e. The van der Waals surface area contributed by atoms with Crippen molar-refractivity contribution in [3.8, 4) is 11.4 Å². The molecule has 0 amide bonds. The molecular formula is C25H29N5. The molecule has 1 aromatic carbocycles. The van der Waals surface area contributed by atoms with Gasteiger partial charge in [0.1, 0.15) is 5.82 Å². The van der Waals surface area contributed by atoms with Crippen LogP contribution in [0.2, 0.25) is 0 Å². The van der Waals surface area contributed by atoms with E-state index in [0.717, 1.165) is 43.3 Å². The smallest absolute Gasteiger partial charge is 0.159 e. The predicted molar refractivity (Wildman–Crippen MR) is 118 cm³/mol. The Labute approximate surface area is 178 Å². The van der Waals surface area contributed by atoms with Gasteiger partial charge in [0.05, 0.1) is 5.69 Å². The molecule has 1 spiro atoms. The molecule has 5 heteroatoms. The van der Waals surface area contributed by atoms with Crippen molar-refractivity contribution in [3.63, 3.8) is 0 Å². The number of aryl methyl sites for hydroxylation is 1. The van der Waals surface area contributed by atoms with Crippen LogP contribution in [0.5, 0.6) is 0 Å². The summed E-state index contributed by atoms with van der Waals surface area (Å²) in [5.41, 5.74) is 5.06. The standard InChI is InChI=1S/C25H29N5/c1-18(2)23-26-13-19(14-27-23)16-30-12-6-10-25(17-30)11-9-21-15-28-24(29-22(21)25)20-7-4-3-5-8-20/h3-5,7-8,13-15,18H,6,9-12,16-17H2,1-2H3. The third kappa shape index (κ3) is 3.63. The highest BCUT2D eigenvalue weighted by atomic mass is 15.1. The highest BCUT2D eigenvalue weighted by Gasteiger charge is 2.43. The maximum atomic E-state index is 5.11. The van der Waals surface area contributed by atoms with Gasteiger partial charge in [-0.1, -0.05) is 44.2 Å². The lowest BCUT2D eigenvalue weighted by molar-refractivity contribution is 0.136. The summed E-state index contributed by atoms with van der Waals surface area (Å²) < 4.78 is 0. The van der Waals surface area contributed by atoms with Crippen LogP contribution in [0, 0.1) is 0 Å². The van der Waals surface area contributed by atoms with Crippen LogP contribution in [0.1, 0.15) is 61.7 Å². The van der Waals surface area contributed by atoms with Crippen molar-refractivity contribution in [2.24, 2.45) is 0 Å². The topological polar surface area (TPSA) is 54.8 Å². The second kappa shape index (κ2) is 7.88. The first kappa shape index (κ1) is 19.3. The van der Waals surface area contributed by atoms with E-state index in [9.17, 15) is 0 Å². The fraction of sp³-hybridized carbons (Fsp3) is 0.440. The van der Waals surface area contributed by atoms with Crippen molar-refractivity contribution < 1.29 is 0 Å². The molecular weight excluding hydrogens is 370 g/mol. The van der Waals surface area contributed by atoms with Crippen LogP contribution >= 0.6 is 0 Å². The molecule has 1 atom stereocenters. The zero-order valence-electron chi connectivity index (χ0n) is 17.9. The number of hydrogen-bond donors (Lipinski definition) is 0. The molecule has 0 bridgehead atoms. The van der Waals surface area contributed by atoms with E-state index in [1.807, 2.05) is 18.5 Å². The van der Waals surface area contributed by atoms with Gasteiger partial charge in [-0.2, -0.15) is 0 Å². The van der Waals surface area contributed by atoms with Gasteiger partial charge in [0.2, 0.25) is 0 Å². The first-order valence-corrected chi connectivity index (χ1v) is 11.1. The molecule has 1 aliphatic heterocycles. The summed E-state index contributed by atoms with van der Waals surface area (Å²) in [4.78, 5) is 21.5. The van der Waals surface area contributed by atoms with Gasteiger partial charge in [-0.15, -0.1) is 0 Å². The zero-order valence-corrected chi connectivity index (χ0v) is 17.9. The van der Waals surface area contributed by atoms with Crippen LogP contribution in [0.25, 0.3) is 11.4 Å². The van der Waals surface area contributed by atoms with Gasteiger partial charge in [-0.05, 0) is 37.8 Å². The van der Waals surface area contributed by atoms with Crippen LogP contribution in [0.3, 0.4) is 0 Å². The van der Waals surface area contributed by atoms with Gasteiger partial charge in [0, 0.05) is 54.1 Å². The first-order chi connectivity index (χ1) is 14.6. The molecule has 5 nitrogen and oxygen atoms in total. The Morgan fingerprint density at radius 2 is 1.80 bits per heavy atom. The number of hydrogen-bond acceptors (Lipinski definition) is 5. The second-order valence-electron chi connectivity index (χ2n) is 9.13. The van der Waals surface area contributed by atoms with Gasteiger partial charge < -0.3 is 0 Å². The Balaban J connectivity index is 1.38. The van der Waals surface area contributed by atoms with E-state index in [-0.39, 0.29) is 5.41 Å². The van der Waals surface area contributed by atoms with Crippen molar-refractivity contribution in [3.05, 3.63) is 71.6 Å². The van der Waals surface area contributed by atoms with Crippen molar-refractivity contribution in [2.45, 2.75) is 57.4 Å². The lowest BCUT2D eigenvalue weighted by atomic mass is 9.77. The van der Waals surface area contributed by atoms with Gasteiger partial charge in [-0.3, -0.25) is 4.90 Å². The van der Waals surface area contributed by atoms with Crippen LogP contribution in [-0.2, 0) is 18.4 Å². The Bertz CT molecular complexity index is 1010. The summed E-state index contributed by atoms with van der Waals surface area (Å²) in [6.45, 7) is 7.35. The van der Waals surface area contributed by atoms with Crippen molar-refractivity contribution >= 4 is 0 Å². The van der Waals surface area contributed by atoms with E-state index in [1.165, 1.54) is 36.1 Å². The van der Waals surface area contributed by atoms with E-state index < -0.39 is 0 Å². The summed E-state index contributed by atoms with van der Waals surface area (Å²) in [5, 5.41) is 0. The summed E-state index contributed by atoms with van der Waals surface area (Å²) in [6, 6.07) is 10.3. The molecule has 1 fully saturated rings. The van der Waals surface area contributed by atoms with Crippen LogP contribution in [0.4, 0.5) is 0 Å². The second-order valence-corrected chi connectivity index (χ2v) is 9.13. The molecule has 3 heterocycles. The first-order valence-electron chi connectivity index (χ1n) is 11.1. The number of rotatable bonds is 4. The van der Waals surface area contributed by atoms with Crippen LogP contribution < -0.4 is 0 Å². The average Bonchev–Trinajstić information content (AvgIpc) is 3.12. The Kier molecular flexibility index (Phi) is 5.07. The van der Waals surface area contributed by atoms with E-state index in [4.69, 9.17) is 4.98 Å². The monoisotopic (exact) mass is 399 g/mol. The third-order valence-electron chi connectivity index (χ3n) is 6.58. The normalized spacial score (nSPS) is 21.3.